The molecular formula is C18H23N3O3. The molecule has 1 atom stereocenters. The third kappa shape index (κ3) is 3.30. The Morgan fingerprint density at radius 1 is 1.25 bits per heavy atom. The van der Waals surface area contributed by atoms with Crippen LogP contribution in [0.2, 0.25) is 0 Å². The van der Waals surface area contributed by atoms with Gasteiger partial charge in [0.05, 0.1) is 12.6 Å². The van der Waals surface area contributed by atoms with Gasteiger partial charge in [0.25, 0.3) is 0 Å². The summed E-state index contributed by atoms with van der Waals surface area (Å²) in [5.41, 5.74) is 2.55. The number of nitrogens with zero attached hydrogens (tertiary/aromatic N) is 2. The Kier molecular flexibility index (Phi) is 4.49. The van der Waals surface area contributed by atoms with Crippen molar-refractivity contribution >= 4 is 0 Å². The van der Waals surface area contributed by atoms with E-state index in [9.17, 15) is 0 Å². The summed E-state index contributed by atoms with van der Waals surface area (Å²) in [5, 5.41) is 7.59. The molecule has 0 amide bonds. The van der Waals surface area contributed by atoms with E-state index in [4.69, 9.17) is 14.0 Å². The lowest BCUT2D eigenvalue weighted by Crippen LogP contribution is -2.32. The molecule has 0 bridgehead atoms. The maximum Gasteiger partial charge on any atom is 0.244 e. The van der Waals surface area contributed by atoms with E-state index in [0.717, 1.165) is 51.4 Å². The molecule has 4 rings (SSSR count). The first-order chi connectivity index (χ1) is 11.8. The smallest absolute Gasteiger partial charge is 0.244 e. The number of rotatable bonds is 5. The van der Waals surface area contributed by atoms with Crippen molar-refractivity contribution < 1.29 is 14.0 Å². The van der Waals surface area contributed by atoms with Gasteiger partial charge in [0.15, 0.2) is 5.82 Å². The largest absolute Gasteiger partial charge is 0.493 e. The van der Waals surface area contributed by atoms with Gasteiger partial charge in [-0.15, -0.1) is 0 Å². The van der Waals surface area contributed by atoms with E-state index in [1.54, 1.807) is 0 Å². The van der Waals surface area contributed by atoms with Crippen LogP contribution in [-0.4, -0.2) is 30.0 Å². The molecule has 0 spiro atoms. The van der Waals surface area contributed by atoms with Gasteiger partial charge in [0.2, 0.25) is 5.89 Å². The molecule has 2 aromatic rings. The number of aryl methyl sites for hydroxylation is 1. The summed E-state index contributed by atoms with van der Waals surface area (Å²) < 4.78 is 16.5. The highest BCUT2D eigenvalue weighted by atomic mass is 16.5. The van der Waals surface area contributed by atoms with E-state index in [-0.39, 0.29) is 6.04 Å². The minimum atomic E-state index is 0.0691. The number of hydrogen-bond donors (Lipinski definition) is 1. The Morgan fingerprint density at radius 2 is 2.12 bits per heavy atom. The van der Waals surface area contributed by atoms with Gasteiger partial charge in [-0.1, -0.05) is 17.3 Å². The van der Waals surface area contributed by atoms with Crippen molar-refractivity contribution in [2.75, 3.05) is 19.8 Å². The topological polar surface area (TPSA) is 69.4 Å². The summed E-state index contributed by atoms with van der Waals surface area (Å²) in [5.74, 6) is 2.84. The average Bonchev–Trinajstić information content (AvgIpc) is 3.24. The van der Waals surface area contributed by atoms with Gasteiger partial charge < -0.3 is 19.3 Å². The zero-order valence-corrected chi connectivity index (χ0v) is 14.0. The van der Waals surface area contributed by atoms with Gasteiger partial charge in [0.1, 0.15) is 5.75 Å². The van der Waals surface area contributed by atoms with Crippen LogP contribution in [0.4, 0.5) is 0 Å². The van der Waals surface area contributed by atoms with Gasteiger partial charge in [-0.2, -0.15) is 4.98 Å². The molecule has 1 aromatic carbocycles. The molecule has 1 fully saturated rings. The molecule has 6 nitrogen and oxygen atoms in total. The lowest BCUT2D eigenvalue weighted by Gasteiger charge is -2.28. The molecule has 1 N–H and O–H groups in total. The first-order valence-electron chi connectivity index (χ1n) is 8.65. The Hall–Kier alpha value is -1.92. The van der Waals surface area contributed by atoms with Crippen LogP contribution in [-0.2, 0) is 17.7 Å². The van der Waals surface area contributed by atoms with Crippen LogP contribution < -0.4 is 10.1 Å². The fourth-order valence-corrected chi connectivity index (χ4v) is 3.52. The van der Waals surface area contributed by atoms with Crippen molar-refractivity contribution in [3.63, 3.8) is 0 Å². The number of hydrogen-bond acceptors (Lipinski definition) is 6. The molecule has 0 radical (unpaired) electrons. The molecule has 24 heavy (non-hydrogen) atoms. The SMILES string of the molecule is Cc1noc(C(NCc2ccc3c(c2)CCO3)C2CCOCC2)n1. The normalized spacial score (nSPS) is 19.0. The summed E-state index contributed by atoms with van der Waals surface area (Å²) in [6.07, 6.45) is 3.02. The van der Waals surface area contributed by atoms with Crippen molar-refractivity contribution in [1.29, 1.82) is 0 Å². The highest BCUT2D eigenvalue weighted by Gasteiger charge is 2.29. The molecule has 2 aliphatic rings. The van der Waals surface area contributed by atoms with Crippen molar-refractivity contribution in [1.82, 2.24) is 15.5 Å². The highest BCUT2D eigenvalue weighted by molar-refractivity contribution is 5.39. The second kappa shape index (κ2) is 6.91. The van der Waals surface area contributed by atoms with Crippen LogP contribution >= 0.6 is 0 Å². The summed E-state index contributed by atoms with van der Waals surface area (Å²) in [4.78, 5) is 4.46. The maximum absolute atomic E-state index is 5.58. The number of fused-ring (bicyclic) bond motifs is 1. The molecule has 0 aliphatic carbocycles. The number of nitrogens with one attached hydrogen (secondary N) is 1. The van der Waals surface area contributed by atoms with Gasteiger partial charge in [0, 0.05) is 26.2 Å². The second-order valence-electron chi connectivity index (χ2n) is 6.53. The second-order valence-corrected chi connectivity index (χ2v) is 6.53. The third-order valence-corrected chi connectivity index (χ3v) is 4.83. The van der Waals surface area contributed by atoms with Crippen LogP contribution in [0.3, 0.4) is 0 Å². The zero-order chi connectivity index (χ0) is 16.4. The van der Waals surface area contributed by atoms with Crippen molar-refractivity contribution in [2.24, 2.45) is 5.92 Å². The van der Waals surface area contributed by atoms with Crippen LogP contribution in [0, 0.1) is 12.8 Å². The van der Waals surface area contributed by atoms with E-state index < -0.39 is 0 Å². The lowest BCUT2D eigenvalue weighted by atomic mass is 9.91. The standard InChI is InChI=1S/C18H23N3O3/c1-12-20-18(24-21-12)17(14-4-7-22-8-5-14)19-11-13-2-3-16-15(10-13)6-9-23-16/h2-3,10,14,17,19H,4-9,11H2,1H3. The molecule has 3 heterocycles. The monoisotopic (exact) mass is 329 g/mol. The van der Waals surface area contributed by atoms with Crippen molar-refractivity contribution in [3.8, 4) is 5.75 Å². The quantitative estimate of drug-likeness (QED) is 0.909. The van der Waals surface area contributed by atoms with E-state index >= 15 is 0 Å². The molecule has 128 valence electrons. The fourth-order valence-electron chi connectivity index (χ4n) is 3.52. The van der Waals surface area contributed by atoms with E-state index in [2.05, 4.69) is 33.7 Å². The predicted molar refractivity (Wildman–Crippen MR) is 87.8 cm³/mol. The van der Waals surface area contributed by atoms with Gasteiger partial charge in [-0.3, -0.25) is 0 Å². The lowest BCUT2D eigenvalue weighted by molar-refractivity contribution is 0.0485. The summed E-state index contributed by atoms with van der Waals surface area (Å²) >= 11 is 0. The Balaban J connectivity index is 1.49. The molecular weight excluding hydrogens is 306 g/mol. The summed E-state index contributed by atoms with van der Waals surface area (Å²) in [7, 11) is 0. The van der Waals surface area contributed by atoms with E-state index in [1.165, 1.54) is 11.1 Å². The molecule has 1 unspecified atom stereocenters. The summed E-state index contributed by atoms with van der Waals surface area (Å²) in [6, 6.07) is 6.49. The molecule has 0 saturated carbocycles. The first-order valence-corrected chi connectivity index (χ1v) is 8.65. The van der Waals surface area contributed by atoms with Crippen LogP contribution in [0.1, 0.15) is 41.7 Å². The van der Waals surface area contributed by atoms with Gasteiger partial charge >= 0.3 is 0 Å². The van der Waals surface area contributed by atoms with Gasteiger partial charge in [-0.25, -0.2) is 0 Å². The molecule has 1 saturated heterocycles. The molecule has 6 heteroatoms. The van der Waals surface area contributed by atoms with Crippen LogP contribution in [0.5, 0.6) is 5.75 Å². The fraction of sp³-hybridized carbons (Fsp3) is 0.556. The zero-order valence-electron chi connectivity index (χ0n) is 14.0. The first kappa shape index (κ1) is 15.6. The average molecular weight is 329 g/mol. The minimum absolute atomic E-state index is 0.0691. The Labute approximate surface area is 141 Å². The predicted octanol–water partition coefficient (Wildman–Crippen LogP) is 2.57. The van der Waals surface area contributed by atoms with E-state index in [1.807, 2.05) is 6.92 Å². The van der Waals surface area contributed by atoms with Crippen LogP contribution in [0.15, 0.2) is 22.7 Å². The van der Waals surface area contributed by atoms with E-state index in [0.29, 0.717) is 17.6 Å². The molecule has 1 aromatic heterocycles. The molecule has 2 aliphatic heterocycles. The van der Waals surface area contributed by atoms with Crippen molar-refractivity contribution in [3.05, 3.63) is 41.0 Å². The number of aromatic nitrogens is 2. The Bertz CT molecular complexity index is 695. The van der Waals surface area contributed by atoms with Crippen molar-refractivity contribution in [2.45, 2.75) is 38.8 Å². The number of ether oxygens (including phenoxy) is 2. The maximum atomic E-state index is 5.58. The Morgan fingerprint density at radius 3 is 2.92 bits per heavy atom. The van der Waals surface area contributed by atoms with Crippen LogP contribution in [0.25, 0.3) is 0 Å². The highest BCUT2D eigenvalue weighted by Crippen LogP contribution is 2.30. The van der Waals surface area contributed by atoms with Gasteiger partial charge in [-0.05, 0) is 42.9 Å². The number of benzene rings is 1. The third-order valence-electron chi connectivity index (χ3n) is 4.83. The minimum Gasteiger partial charge on any atom is -0.493 e. The summed E-state index contributed by atoms with van der Waals surface area (Å²) in [6.45, 7) is 5.02.